The van der Waals surface area contributed by atoms with Crippen LogP contribution >= 0.6 is 0 Å². The van der Waals surface area contributed by atoms with Gasteiger partial charge in [-0.2, -0.15) is 0 Å². The summed E-state index contributed by atoms with van der Waals surface area (Å²) in [6.45, 7) is 9.10. The van der Waals surface area contributed by atoms with Gasteiger partial charge in [0.1, 0.15) is 5.60 Å². The predicted octanol–water partition coefficient (Wildman–Crippen LogP) is 2.40. The quantitative estimate of drug-likeness (QED) is 0.730. The summed E-state index contributed by atoms with van der Waals surface area (Å²) in [7, 11) is 1.74. The molecular formula is C15H30N2O3. The summed E-state index contributed by atoms with van der Waals surface area (Å²) in [5.41, 5.74) is -0.413. The van der Waals surface area contributed by atoms with E-state index in [0.717, 1.165) is 45.5 Å². The lowest BCUT2D eigenvalue weighted by molar-refractivity contribution is 0.0291. The Hall–Kier alpha value is -0.810. The fraction of sp³-hybridized carbons (Fsp3) is 0.933. The molecule has 1 aliphatic heterocycles. The van der Waals surface area contributed by atoms with E-state index in [1.165, 1.54) is 6.42 Å². The van der Waals surface area contributed by atoms with Gasteiger partial charge in [0.2, 0.25) is 0 Å². The van der Waals surface area contributed by atoms with Crippen molar-refractivity contribution in [3.05, 3.63) is 0 Å². The van der Waals surface area contributed by atoms with E-state index >= 15 is 0 Å². The Labute approximate surface area is 123 Å². The number of amides is 1. The summed E-state index contributed by atoms with van der Waals surface area (Å²) in [6, 6.07) is 0.407. The zero-order chi connectivity index (χ0) is 15.0. The summed E-state index contributed by atoms with van der Waals surface area (Å²) in [6.07, 6.45) is 4.28. The molecule has 0 bridgehead atoms. The molecule has 1 atom stereocenters. The Bertz CT molecular complexity index is 289. The minimum atomic E-state index is -0.413. The average molecular weight is 286 g/mol. The molecule has 0 aromatic heterocycles. The van der Waals surface area contributed by atoms with Crippen molar-refractivity contribution in [2.45, 2.75) is 58.1 Å². The van der Waals surface area contributed by atoms with Crippen molar-refractivity contribution >= 4 is 6.09 Å². The molecule has 1 saturated heterocycles. The number of unbranched alkanes of at least 4 members (excludes halogenated alkanes) is 2. The number of ether oxygens (including phenoxy) is 2. The van der Waals surface area contributed by atoms with E-state index in [1.807, 2.05) is 20.8 Å². The number of hydrogen-bond acceptors (Lipinski definition) is 4. The Kier molecular flexibility index (Phi) is 7.30. The molecule has 1 N–H and O–H groups in total. The van der Waals surface area contributed by atoms with Crippen LogP contribution in [0.4, 0.5) is 4.79 Å². The molecule has 0 radical (unpaired) electrons. The van der Waals surface area contributed by atoms with Gasteiger partial charge in [-0.25, -0.2) is 4.79 Å². The van der Waals surface area contributed by atoms with Gasteiger partial charge < -0.3 is 19.7 Å². The largest absolute Gasteiger partial charge is 0.444 e. The predicted molar refractivity (Wildman–Crippen MR) is 79.9 cm³/mol. The van der Waals surface area contributed by atoms with Crippen molar-refractivity contribution in [2.75, 3.05) is 33.4 Å². The first-order valence-corrected chi connectivity index (χ1v) is 7.62. The second-order valence-corrected chi connectivity index (χ2v) is 6.42. The van der Waals surface area contributed by atoms with Gasteiger partial charge in [0, 0.05) is 32.8 Å². The van der Waals surface area contributed by atoms with Gasteiger partial charge in [0.25, 0.3) is 0 Å². The van der Waals surface area contributed by atoms with Gasteiger partial charge in [-0.05, 0) is 53.0 Å². The third kappa shape index (κ3) is 7.10. The number of likely N-dealkylation sites (tertiary alicyclic amines) is 1. The lowest BCUT2D eigenvalue weighted by atomic mass is 10.2. The average Bonchev–Trinajstić information content (AvgIpc) is 2.80. The number of rotatable bonds is 7. The molecule has 1 aliphatic rings. The van der Waals surface area contributed by atoms with E-state index < -0.39 is 5.60 Å². The molecule has 118 valence electrons. The van der Waals surface area contributed by atoms with Crippen molar-refractivity contribution < 1.29 is 14.3 Å². The molecule has 1 unspecified atom stereocenters. The minimum Gasteiger partial charge on any atom is -0.444 e. The van der Waals surface area contributed by atoms with Crippen LogP contribution in [0.3, 0.4) is 0 Å². The fourth-order valence-electron chi connectivity index (χ4n) is 2.27. The van der Waals surface area contributed by atoms with Crippen molar-refractivity contribution in [3.63, 3.8) is 0 Å². The smallest absolute Gasteiger partial charge is 0.410 e. The molecule has 5 nitrogen and oxygen atoms in total. The standard InChI is InChI=1S/C15H30N2O3/c1-15(2,3)20-14(18)17-10-8-13(12-17)16-9-6-5-7-11-19-4/h13,16H,5-12H2,1-4H3. The van der Waals surface area contributed by atoms with E-state index in [4.69, 9.17) is 9.47 Å². The van der Waals surface area contributed by atoms with Crippen LogP contribution in [-0.4, -0.2) is 56.0 Å². The highest BCUT2D eigenvalue weighted by Crippen LogP contribution is 2.15. The van der Waals surface area contributed by atoms with Crippen LogP contribution in [-0.2, 0) is 9.47 Å². The van der Waals surface area contributed by atoms with E-state index in [1.54, 1.807) is 12.0 Å². The lowest BCUT2D eigenvalue weighted by Gasteiger charge is -2.24. The summed E-state index contributed by atoms with van der Waals surface area (Å²) < 4.78 is 10.4. The molecule has 5 heteroatoms. The Balaban J connectivity index is 2.12. The molecule has 1 rings (SSSR count). The van der Waals surface area contributed by atoms with Crippen LogP contribution in [0.25, 0.3) is 0 Å². The highest BCUT2D eigenvalue weighted by atomic mass is 16.6. The van der Waals surface area contributed by atoms with Crippen molar-refractivity contribution in [1.82, 2.24) is 10.2 Å². The summed E-state index contributed by atoms with van der Waals surface area (Å²) in [4.78, 5) is 13.7. The van der Waals surface area contributed by atoms with Gasteiger partial charge in [-0.1, -0.05) is 0 Å². The number of carbonyl (C=O) groups excluding carboxylic acids is 1. The van der Waals surface area contributed by atoms with Gasteiger partial charge in [-0.3, -0.25) is 0 Å². The zero-order valence-corrected chi connectivity index (χ0v) is 13.4. The third-order valence-corrected chi connectivity index (χ3v) is 3.30. The molecule has 1 heterocycles. The number of nitrogens with one attached hydrogen (secondary N) is 1. The summed E-state index contributed by atoms with van der Waals surface area (Å²) >= 11 is 0. The van der Waals surface area contributed by atoms with Gasteiger partial charge in [0.05, 0.1) is 0 Å². The van der Waals surface area contributed by atoms with Crippen molar-refractivity contribution in [3.8, 4) is 0 Å². The third-order valence-electron chi connectivity index (χ3n) is 3.30. The first-order chi connectivity index (χ1) is 9.42. The van der Waals surface area contributed by atoms with Crippen LogP contribution in [0.15, 0.2) is 0 Å². The highest BCUT2D eigenvalue weighted by molar-refractivity contribution is 5.68. The molecule has 0 saturated carbocycles. The van der Waals surface area contributed by atoms with Crippen LogP contribution in [0, 0.1) is 0 Å². The van der Waals surface area contributed by atoms with Crippen LogP contribution < -0.4 is 5.32 Å². The maximum absolute atomic E-state index is 11.9. The van der Waals surface area contributed by atoms with E-state index in [9.17, 15) is 4.79 Å². The second kappa shape index (κ2) is 8.47. The monoisotopic (exact) mass is 286 g/mol. The Morgan fingerprint density at radius 2 is 2.05 bits per heavy atom. The van der Waals surface area contributed by atoms with E-state index in [-0.39, 0.29) is 6.09 Å². The first-order valence-electron chi connectivity index (χ1n) is 7.62. The number of methoxy groups -OCH3 is 1. The van der Waals surface area contributed by atoms with E-state index in [0.29, 0.717) is 6.04 Å². The summed E-state index contributed by atoms with van der Waals surface area (Å²) in [5.74, 6) is 0. The van der Waals surface area contributed by atoms with Crippen LogP contribution in [0.2, 0.25) is 0 Å². The Morgan fingerprint density at radius 3 is 2.70 bits per heavy atom. The molecule has 0 aromatic carbocycles. The fourth-order valence-corrected chi connectivity index (χ4v) is 2.27. The van der Waals surface area contributed by atoms with Gasteiger partial charge in [-0.15, -0.1) is 0 Å². The Morgan fingerprint density at radius 1 is 1.30 bits per heavy atom. The van der Waals surface area contributed by atoms with Crippen molar-refractivity contribution in [2.24, 2.45) is 0 Å². The molecule has 0 spiro atoms. The minimum absolute atomic E-state index is 0.193. The van der Waals surface area contributed by atoms with Crippen LogP contribution in [0.5, 0.6) is 0 Å². The molecule has 0 aromatic rings. The first kappa shape index (κ1) is 17.2. The molecule has 0 aliphatic carbocycles. The lowest BCUT2D eigenvalue weighted by Crippen LogP contribution is -2.38. The van der Waals surface area contributed by atoms with Crippen LogP contribution in [0.1, 0.15) is 46.5 Å². The van der Waals surface area contributed by atoms with Crippen molar-refractivity contribution in [1.29, 1.82) is 0 Å². The molecular weight excluding hydrogens is 256 g/mol. The molecule has 1 amide bonds. The van der Waals surface area contributed by atoms with E-state index in [2.05, 4.69) is 5.32 Å². The maximum Gasteiger partial charge on any atom is 0.410 e. The number of nitrogens with zero attached hydrogens (tertiary/aromatic N) is 1. The highest BCUT2D eigenvalue weighted by Gasteiger charge is 2.29. The maximum atomic E-state index is 11.9. The van der Waals surface area contributed by atoms with Gasteiger partial charge >= 0.3 is 6.09 Å². The second-order valence-electron chi connectivity index (χ2n) is 6.42. The molecule has 1 fully saturated rings. The summed E-state index contributed by atoms with van der Waals surface area (Å²) in [5, 5.41) is 3.52. The zero-order valence-electron chi connectivity index (χ0n) is 13.4. The normalized spacial score (nSPS) is 19.4. The molecule has 20 heavy (non-hydrogen) atoms. The van der Waals surface area contributed by atoms with Gasteiger partial charge in [0.15, 0.2) is 0 Å². The SMILES string of the molecule is COCCCCCNC1CCN(C(=O)OC(C)(C)C)C1. The topological polar surface area (TPSA) is 50.8 Å². The number of carbonyl (C=O) groups is 1. The number of hydrogen-bond donors (Lipinski definition) is 1.